The third kappa shape index (κ3) is 17.1. The number of nitrogens with one attached hydrogen (secondary N) is 1. The van der Waals surface area contributed by atoms with Crippen LogP contribution in [-0.2, 0) is 9.09 Å². The normalized spacial score (nSPS) is 13.1. The van der Waals surface area contributed by atoms with Crippen molar-refractivity contribution in [3.8, 4) is 0 Å². The SMILES string of the molecule is CCCCCCCCCCCCCCCCNc1ccc(C(C[N+](C)(C)C)OP(=O)(O)O)c(C(C)=O)c1. The molecule has 0 saturated carbocycles. The zero-order valence-electron chi connectivity index (χ0n) is 24.1. The topological polar surface area (TPSA) is 95.9 Å². The van der Waals surface area contributed by atoms with Crippen molar-refractivity contribution in [2.45, 2.75) is 110 Å². The number of ketones is 1. The number of unbranched alkanes of at least 4 members (excludes halogenated alkanes) is 13. The number of likely N-dealkylation sites (N-methyl/N-ethyl adjacent to an activating group) is 1. The van der Waals surface area contributed by atoms with E-state index < -0.39 is 13.9 Å². The summed E-state index contributed by atoms with van der Waals surface area (Å²) in [4.78, 5) is 31.2. The zero-order valence-corrected chi connectivity index (χ0v) is 25.0. The summed E-state index contributed by atoms with van der Waals surface area (Å²) in [5, 5.41) is 3.40. The highest BCUT2D eigenvalue weighted by Gasteiger charge is 2.31. The Morgan fingerprint density at radius 3 is 1.81 bits per heavy atom. The van der Waals surface area contributed by atoms with Gasteiger partial charge >= 0.3 is 7.82 Å². The Morgan fingerprint density at radius 2 is 1.38 bits per heavy atom. The molecule has 214 valence electrons. The second-order valence-electron chi connectivity index (χ2n) is 11.4. The molecule has 3 N–H and O–H groups in total. The predicted octanol–water partition coefficient (Wildman–Crippen LogP) is 7.64. The Kier molecular flexibility index (Phi) is 16.5. The molecule has 0 aliphatic heterocycles. The van der Waals surface area contributed by atoms with E-state index in [-0.39, 0.29) is 5.78 Å². The van der Waals surface area contributed by atoms with Gasteiger partial charge in [-0.3, -0.25) is 9.32 Å². The average Bonchev–Trinajstić information content (AvgIpc) is 2.79. The van der Waals surface area contributed by atoms with E-state index in [1.54, 1.807) is 12.1 Å². The molecule has 0 spiro atoms. The van der Waals surface area contributed by atoms with Gasteiger partial charge < -0.3 is 19.6 Å². The van der Waals surface area contributed by atoms with E-state index in [1.807, 2.05) is 27.2 Å². The van der Waals surface area contributed by atoms with Crippen molar-refractivity contribution in [2.75, 3.05) is 39.5 Å². The number of carbonyl (C=O) groups excluding carboxylic acids is 1. The van der Waals surface area contributed by atoms with Crippen molar-refractivity contribution in [3.05, 3.63) is 29.3 Å². The minimum absolute atomic E-state index is 0.157. The maximum absolute atomic E-state index is 12.4. The second kappa shape index (κ2) is 18.1. The quantitative estimate of drug-likeness (QED) is 0.0604. The summed E-state index contributed by atoms with van der Waals surface area (Å²) in [7, 11) is 1.02. The van der Waals surface area contributed by atoms with Crippen LogP contribution in [0.25, 0.3) is 0 Å². The number of hydrogen-bond acceptors (Lipinski definition) is 4. The van der Waals surface area contributed by atoms with Gasteiger partial charge in [0.2, 0.25) is 0 Å². The number of Topliss-reactive ketones (excluding diaryl/α,β-unsaturated/α-hetero) is 1. The lowest BCUT2D eigenvalue weighted by molar-refractivity contribution is -0.874. The van der Waals surface area contributed by atoms with Crippen molar-refractivity contribution in [2.24, 2.45) is 0 Å². The molecule has 0 aliphatic carbocycles. The number of quaternary nitrogens is 1. The molecule has 37 heavy (non-hydrogen) atoms. The van der Waals surface area contributed by atoms with E-state index in [4.69, 9.17) is 4.52 Å². The van der Waals surface area contributed by atoms with Gasteiger partial charge in [-0.15, -0.1) is 0 Å². The van der Waals surface area contributed by atoms with E-state index in [9.17, 15) is 19.1 Å². The van der Waals surface area contributed by atoms with Gasteiger partial charge in [0.1, 0.15) is 12.6 Å². The fourth-order valence-corrected chi connectivity index (χ4v) is 5.17. The van der Waals surface area contributed by atoms with Gasteiger partial charge in [0.05, 0.1) is 21.1 Å². The summed E-state index contributed by atoms with van der Waals surface area (Å²) in [6.45, 7) is 4.88. The van der Waals surface area contributed by atoms with Crippen LogP contribution in [0.5, 0.6) is 0 Å². The number of phosphoric acid groups is 1. The Labute approximate surface area is 226 Å². The van der Waals surface area contributed by atoms with E-state index >= 15 is 0 Å². The number of carbonyl (C=O) groups is 1. The third-order valence-corrected chi connectivity index (χ3v) is 7.15. The molecule has 0 saturated heterocycles. The first-order valence-corrected chi connectivity index (χ1v) is 15.9. The van der Waals surface area contributed by atoms with Crippen molar-refractivity contribution < 1.29 is 28.2 Å². The van der Waals surface area contributed by atoms with E-state index in [0.717, 1.165) is 18.7 Å². The van der Waals surface area contributed by atoms with Crippen LogP contribution in [0.15, 0.2) is 18.2 Å². The Balaban J connectivity index is 2.39. The molecular formula is C29H54N2O5P+. The van der Waals surface area contributed by atoms with Gasteiger partial charge in [-0.2, -0.15) is 0 Å². The number of rotatable bonds is 22. The fraction of sp³-hybridized carbons (Fsp3) is 0.759. The molecule has 1 aromatic carbocycles. The van der Waals surface area contributed by atoms with E-state index in [1.165, 1.54) is 90.4 Å². The second-order valence-corrected chi connectivity index (χ2v) is 12.6. The van der Waals surface area contributed by atoms with Crippen molar-refractivity contribution >= 4 is 19.3 Å². The summed E-state index contributed by atoms with van der Waals surface area (Å²) in [6.07, 6.45) is 17.7. The fourth-order valence-electron chi connectivity index (χ4n) is 4.66. The lowest BCUT2D eigenvalue weighted by atomic mass is 9.98. The smallest absolute Gasteiger partial charge is 0.385 e. The van der Waals surface area contributed by atoms with Gasteiger partial charge in [0.15, 0.2) is 5.78 Å². The first kappa shape index (κ1) is 33.8. The molecule has 1 unspecified atom stereocenters. The molecule has 1 rings (SSSR count). The number of hydrogen-bond donors (Lipinski definition) is 3. The van der Waals surface area contributed by atoms with Gasteiger partial charge in [-0.1, -0.05) is 96.5 Å². The van der Waals surface area contributed by atoms with Gasteiger partial charge in [-0.25, -0.2) is 4.57 Å². The summed E-state index contributed by atoms with van der Waals surface area (Å²) >= 11 is 0. The number of nitrogens with zero attached hydrogens (tertiary/aromatic N) is 1. The zero-order chi connectivity index (χ0) is 27.7. The minimum Gasteiger partial charge on any atom is -0.385 e. The van der Waals surface area contributed by atoms with Crippen molar-refractivity contribution in [1.29, 1.82) is 0 Å². The Bertz CT molecular complexity index is 819. The monoisotopic (exact) mass is 541 g/mol. The number of anilines is 1. The molecule has 8 heteroatoms. The highest BCUT2D eigenvalue weighted by Crippen LogP contribution is 2.43. The van der Waals surface area contributed by atoms with E-state index in [2.05, 4.69) is 12.2 Å². The maximum Gasteiger partial charge on any atom is 0.470 e. The first-order chi connectivity index (χ1) is 17.4. The summed E-state index contributed by atoms with van der Waals surface area (Å²) in [6, 6.07) is 5.38. The third-order valence-electron chi connectivity index (χ3n) is 6.62. The van der Waals surface area contributed by atoms with Crippen LogP contribution in [0.4, 0.5) is 5.69 Å². The van der Waals surface area contributed by atoms with Crippen molar-refractivity contribution in [3.63, 3.8) is 0 Å². The standard InChI is InChI=1S/C29H53N2O5P/c1-6-7-8-9-10-11-12-13-14-15-16-17-18-19-22-30-26-20-21-27(28(23-26)25(2)32)29(24-31(3,4)5)36-37(33,34)35/h20-21,23,29-30H,6-19,22,24H2,1-5H3,(H-,33,34,35)/p+1. The molecular weight excluding hydrogens is 487 g/mol. The average molecular weight is 542 g/mol. The molecule has 1 atom stereocenters. The van der Waals surface area contributed by atoms with Gasteiger partial charge in [-0.05, 0) is 31.0 Å². The van der Waals surface area contributed by atoms with Gasteiger partial charge in [0.25, 0.3) is 0 Å². The Hall–Kier alpha value is -1.24. The highest BCUT2D eigenvalue weighted by atomic mass is 31.2. The molecule has 0 heterocycles. The lowest BCUT2D eigenvalue weighted by Gasteiger charge is -2.30. The summed E-state index contributed by atoms with van der Waals surface area (Å²) < 4.78 is 17.1. The van der Waals surface area contributed by atoms with Crippen LogP contribution in [0, 0.1) is 0 Å². The predicted molar refractivity (Wildman–Crippen MR) is 154 cm³/mol. The largest absolute Gasteiger partial charge is 0.470 e. The van der Waals surface area contributed by atoms with Gasteiger partial charge in [0, 0.05) is 17.8 Å². The maximum atomic E-state index is 12.4. The van der Waals surface area contributed by atoms with Crippen LogP contribution in [-0.4, -0.2) is 54.3 Å². The van der Waals surface area contributed by atoms with Crippen LogP contribution in [0.2, 0.25) is 0 Å². The Morgan fingerprint density at radius 1 is 0.892 bits per heavy atom. The summed E-state index contributed by atoms with van der Waals surface area (Å²) in [5.41, 5.74) is 1.77. The molecule has 0 amide bonds. The molecule has 0 fully saturated rings. The molecule has 0 aromatic heterocycles. The first-order valence-electron chi connectivity index (χ1n) is 14.4. The van der Waals surface area contributed by atoms with Crippen LogP contribution in [0.1, 0.15) is 126 Å². The molecule has 0 radical (unpaired) electrons. The van der Waals surface area contributed by atoms with Crippen LogP contribution >= 0.6 is 7.82 Å². The molecule has 0 aliphatic rings. The highest BCUT2D eigenvalue weighted by molar-refractivity contribution is 7.46. The minimum atomic E-state index is -4.72. The number of benzene rings is 1. The molecule has 1 aromatic rings. The van der Waals surface area contributed by atoms with Crippen LogP contribution in [0.3, 0.4) is 0 Å². The van der Waals surface area contributed by atoms with E-state index in [0.29, 0.717) is 22.2 Å². The van der Waals surface area contributed by atoms with Crippen molar-refractivity contribution in [1.82, 2.24) is 0 Å². The molecule has 7 nitrogen and oxygen atoms in total. The number of phosphoric ester groups is 1. The molecule has 0 bridgehead atoms. The van der Waals surface area contributed by atoms with Crippen LogP contribution < -0.4 is 5.32 Å². The summed E-state index contributed by atoms with van der Waals surface area (Å²) in [5.74, 6) is -0.157. The lowest BCUT2D eigenvalue weighted by Crippen LogP contribution is -2.39.